The first-order chi connectivity index (χ1) is 5.75. The van der Waals surface area contributed by atoms with Crippen LogP contribution in [0, 0.1) is 0 Å². The molecule has 12 heavy (non-hydrogen) atoms. The highest BCUT2D eigenvalue weighted by Gasteiger charge is 2.17. The minimum atomic E-state index is -0.269. The lowest BCUT2D eigenvalue weighted by Gasteiger charge is -2.14. The molecular weight excluding hydrogens is 152 g/mol. The van der Waals surface area contributed by atoms with Gasteiger partial charge in [0.15, 0.2) is 5.78 Å². The number of carbonyl (C=O) groups excluding carboxylic acids is 1. The van der Waals surface area contributed by atoms with Gasteiger partial charge in [0.1, 0.15) is 6.10 Å². The fraction of sp³-hybridized carbons (Fsp3) is 0.700. The molecule has 0 saturated carbocycles. The third-order valence-electron chi connectivity index (χ3n) is 2.33. The molecule has 0 N–H and O–H groups in total. The van der Waals surface area contributed by atoms with E-state index in [4.69, 9.17) is 4.74 Å². The van der Waals surface area contributed by atoms with Crippen LogP contribution in [-0.4, -0.2) is 19.0 Å². The normalized spacial score (nSPS) is 20.0. The van der Waals surface area contributed by atoms with Crippen molar-refractivity contribution in [1.29, 1.82) is 0 Å². The summed E-state index contributed by atoms with van der Waals surface area (Å²) >= 11 is 0. The fourth-order valence-corrected chi connectivity index (χ4v) is 1.43. The first-order valence-electron chi connectivity index (χ1n) is 4.51. The highest BCUT2D eigenvalue weighted by Crippen LogP contribution is 2.19. The first kappa shape index (κ1) is 9.46. The molecule has 0 aromatic heterocycles. The van der Waals surface area contributed by atoms with Crippen molar-refractivity contribution < 1.29 is 9.53 Å². The predicted molar refractivity (Wildman–Crippen MR) is 48.0 cm³/mol. The summed E-state index contributed by atoms with van der Waals surface area (Å²) in [6.45, 7) is 1.80. The number of Topliss-reactive ketones (excluding diaryl/α,β-unsaturated/α-hetero) is 1. The van der Waals surface area contributed by atoms with E-state index in [2.05, 4.69) is 6.08 Å². The first-order valence-corrected chi connectivity index (χ1v) is 4.51. The third-order valence-corrected chi connectivity index (χ3v) is 2.33. The van der Waals surface area contributed by atoms with Gasteiger partial charge in [-0.25, -0.2) is 0 Å². The standard InChI is InChI=1S/C10H16O2/c1-8(12-2)10(11)9-6-4-3-5-7-9/h6,8H,3-5,7H2,1-2H3. The lowest BCUT2D eigenvalue weighted by molar-refractivity contribution is -0.124. The Hall–Kier alpha value is -0.630. The zero-order chi connectivity index (χ0) is 8.97. The lowest BCUT2D eigenvalue weighted by Crippen LogP contribution is -2.21. The molecule has 2 nitrogen and oxygen atoms in total. The number of methoxy groups -OCH3 is 1. The summed E-state index contributed by atoms with van der Waals surface area (Å²) in [5.74, 6) is 0.164. The minimum absolute atomic E-state index is 0.164. The molecule has 0 bridgehead atoms. The smallest absolute Gasteiger partial charge is 0.186 e. The maximum absolute atomic E-state index is 11.5. The summed E-state index contributed by atoms with van der Waals surface area (Å²) in [6, 6.07) is 0. The number of carbonyl (C=O) groups is 1. The van der Waals surface area contributed by atoms with Gasteiger partial charge < -0.3 is 4.74 Å². The van der Waals surface area contributed by atoms with Gasteiger partial charge in [0, 0.05) is 7.11 Å². The Morgan fingerprint density at radius 1 is 1.58 bits per heavy atom. The molecule has 1 aliphatic carbocycles. The van der Waals surface area contributed by atoms with Gasteiger partial charge >= 0.3 is 0 Å². The third kappa shape index (κ3) is 2.18. The van der Waals surface area contributed by atoms with Crippen LogP contribution in [0.1, 0.15) is 32.6 Å². The van der Waals surface area contributed by atoms with Crippen LogP contribution < -0.4 is 0 Å². The number of hydrogen-bond donors (Lipinski definition) is 0. The Morgan fingerprint density at radius 3 is 2.83 bits per heavy atom. The average Bonchev–Trinajstić information content (AvgIpc) is 2.17. The average molecular weight is 168 g/mol. The number of ketones is 1. The van der Waals surface area contributed by atoms with E-state index < -0.39 is 0 Å². The highest BCUT2D eigenvalue weighted by molar-refractivity contribution is 5.98. The zero-order valence-corrected chi connectivity index (χ0v) is 7.80. The van der Waals surface area contributed by atoms with Crippen molar-refractivity contribution in [2.24, 2.45) is 0 Å². The zero-order valence-electron chi connectivity index (χ0n) is 7.80. The van der Waals surface area contributed by atoms with Crippen molar-refractivity contribution in [2.45, 2.75) is 38.7 Å². The monoisotopic (exact) mass is 168 g/mol. The Bertz CT molecular complexity index is 194. The molecule has 0 aliphatic heterocycles. The molecule has 68 valence electrons. The maximum atomic E-state index is 11.5. The molecule has 0 saturated heterocycles. The predicted octanol–water partition coefficient (Wildman–Crippen LogP) is 2.09. The second kappa shape index (κ2) is 4.41. The molecule has 1 atom stereocenters. The van der Waals surface area contributed by atoms with E-state index in [9.17, 15) is 4.79 Å². The number of allylic oxidation sites excluding steroid dienone is 1. The van der Waals surface area contributed by atoms with E-state index in [1.807, 2.05) is 0 Å². The Balaban J connectivity index is 2.56. The van der Waals surface area contributed by atoms with Gasteiger partial charge in [-0.15, -0.1) is 0 Å². The Labute approximate surface area is 73.6 Å². The molecular formula is C10H16O2. The van der Waals surface area contributed by atoms with E-state index in [1.54, 1.807) is 14.0 Å². The molecule has 1 unspecified atom stereocenters. The van der Waals surface area contributed by atoms with Crippen LogP contribution in [0.2, 0.25) is 0 Å². The highest BCUT2D eigenvalue weighted by atomic mass is 16.5. The maximum Gasteiger partial charge on any atom is 0.186 e. The fourth-order valence-electron chi connectivity index (χ4n) is 1.43. The summed E-state index contributed by atoms with van der Waals surface area (Å²) in [6.07, 6.45) is 6.15. The molecule has 0 amide bonds. The molecule has 0 fully saturated rings. The number of rotatable bonds is 3. The van der Waals surface area contributed by atoms with Gasteiger partial charge in [-0.1, -0.05) is 6.08 Å². The van der Waals surface area contributed by atoms with Crippen LogP contribution in [0.25, 0.3) is 0 Å². The lowest BCUT2D eigenvalue weighted by atomic mass is 9.94. The van der Waals surface area contributed by atoms with Gasteiger partial charge in [0.2, 0.25) is 0 Å². The van der Waals surface area contributed by atoms with Gasteiger partial charge in [0.05, 0.1) is 0 Å². The molecule has 0 radical (unpaired) electrons. The van der Waals surface area contributed by atoms with E-state index >= 15 is 0 Å². The summed E-state index contributed by atoms with van der Waals surface area (Å²) < 4.78 is 4.97. The molecule has 0 aromatic carbocycles. The molecule has 1 aliphatic rings. The minimum Gasteiger partial charge on any atom is -0.374 e. The summed E-state index contributed by atoms with van der Waals surface area (Å²) in [5, 5.41) is 0. The van der Waals surface area contributed by atoms with Gasteiger partial charge in [0.25, 0.3) is 0 Å². The van der Waals surface area contributed by atoms with Crippen molar-refractivity contribution in [1.82, 2.24) is 0 Å². The van der Waals surface area contributed by atoms with Crippen LogP contribution in [0.4, 0.5) is 0 Å². The van der Waals surface area contributed by atoms with Crippen molar-refractivity contribution in [3.8, 4) is 0 Å². The second-order valence-corrected chi connectivity index (χ2v) is 3.22. The molecule has 0 spiro atoms. The van der Waals surface area contributed by atoms with Crippen LogP contribution in [-0.2, 0) is 9.53 Å². The van der Waals surface area contributed by atoms with E-state index in [-0.39, 0.29) is 11.9 Å². The number of hydrogen-bond acceptors (Lipinski definition) is 2. The molecule has 1 rings (SSSR count). The van der Waals surface area contributed by atoms with Crippen LogP contribution in [0.5, 0.6) is 0 Å². The van der Waals surface area contributed by atoms with Crippen molar-refractivity contribution >= 4 is 5.78 Å². The van der Waals surface area contributed by atoms with Crippen molar-refractivity contribution in [3.05, 3.63) is 11.6 Å². The number of ether oxygens (including phenoxy) is 1. The molecule has 0 heterocycles. The SMILES string of the molecule is COC(C)C(=O)C1=CCCCC1. The largest absolute Gasteiger partial charge is 0.374 e. The van der Waals surface area contributed by atoms with Crippen molar-refractivity contribution in [3.63, 3.8) is 0 Å². The molecule has 0 aromatic rings. The topological polar surface area (TPSA) is 26.3 Å². The van der Waals surface area contributed by atoms with E-state index in [0.29, 0.717) is 0 Å². The van der Waals surface area contributed by atoms with Gasteiger partial charge in [-0.3, -0.25) is 4.79 Å². The van der Waals surface area contributed by atoms with E-state index in [1.165, 1.54) is 6.42 Å². The van der Waals surface area contributed by atoms with Crippen LogP contribution in [0.15, 0.2) is 11.6 Å². The Kier molecular flexibility index (Phi) is 3.48. The Morgan fingerprint density at radius 2 is 2.33 bits per heavy atom. The van der Waals surface area contributed by atoms with E-state index in [0.717, 1.165) is 24.8 Å². The summed E-state index contributed by atoms with van der Waals surface area (Å²) in [7, 11) is 1.58. The van der Waals surface area contributed by atoms with Gasteiger partial charge in [-0.05, 0) is 38.2 Å². The summed E-state index contributed by atoms with van der Waals surface area (Å²) in [5.41, 5.74) is 0.968. The van der Waals surface area contributed by atoms with Crippen LogP contribution >= 0.6 is 0 Å². The van der Waals surface area contributed by atoms with Crippen molar-refractivity contribution in [2.75, 3.05) is 7.11 Å². The van der Waals surface area contributed by atoms with Gasteiger partial charge in [-0.2, -0.15) is 0 Å². The second-order valence-electron chi connectivity index (χ2n) is 3.22. The van der Waals surface area contributed by atoms with Crippen LogP contribution in [0.3, 0.4) is 0 Å². The molecule has 2 heteroatoms. The quantitative estimate of drug-likeness (QED) is 0.645. The summed E-state index contributed by atoms with van der Waals surface area (Å²) in [4.78, 5) is 11.5.